The van der Waals surface area contributed by atoms with Gasteiger partial charge in [0.15, 0.2) is 11.0 Å². The van der Waals surface area contributed by atoms with Crippen LogP contribution in [0.4, 0.5) is 5.69 Å². The fourth-order valence-corrected chi connectivity index (χ4v) is 3.86. The topological polar surface area (TPSA) is 78.3 Å². The van der Waals surface area contributed by atoms with Gasteiger partial charge in [0.2, 0.25) is 5.91 Å². The van der Waals surface area contributed by atoms with Gasteiger partial charge in [0.25, 0.3) is 0 Å². The Balaban J connectivity index is 1.75. The van der Waals surface area contributed by atoms with Crippen LogP contribution in [-0.2, 0) is 11.3 Å². The zero-order valence-electron chi connectivity index (χ0n) is 18.5. The number of methoxy groups -OCH3 is 2. The Morgan fingerprint density at radius 3 is 2.48 bits per heavy atom. The Hall–Kier alpha value is -3.00. The maximum atomic E-state index is 12.6. The standard InChI is InChI=1S/C23H28N4O3S/c1-15(2)13-27-22(17-7-9-18(29-4)10-8-17)25-26-23(27)31-14-21(28)24-19-12-16(3)6-11-20(19)30-5/h6-12,15H,13-14H2,1-5H3,(H,24,28). The van der Waals surface area contributed by atoms with Crippen LogP contribution < -0.4 is 14.8 Å². The summed E-state index contributed by atoms with van der Waals surface area (Å²) in [5.74, 6) is 2.69. The number of ether oxygens (including phenoxy) is 2. The Labute approximate surface area is 187 Å². The minimum Gasteiger partial charge on any atom is -0.497 e. The first kappa shape index (κ1) is 22.7. The lowest BCUT2D eigenvalue weighted by molar-refractivity contribution is -0.113. The van der Waals surface area contributed by atoms with E-state index in [1.807, 2.05) is 49.4 Å². The largest absolute Gasteiger partial charge is 0.497 e. The highest BCUT2D eigenvalue weighted by Crippen LogP contribution is 2.28. The summed E-state index contributed by atoms with van der Waals surface area (Å²) in [5.41, 5.74) is 2.66. The number of hydrogen-bond acceptors (Lipinski definition) is 6. The van der Waals surface area contributed by atoms with Crippen LogP contribution in [0, 0.1) is 12.8 Å². The fourth-order valence-electron chi connectivity index (χ4n) is 3.11. The Morgan fingerprint density at radius 1 is 1.10 bits per heavy atom. The number of aromatic nitrogens is 3. The second-order valence-electron chi connectivity index (χ2n) is 7.58. The molecule has 1 amide bonds. The summed E-state index contributed by atoms with van der Waals surface area (Å²) in [6.45, 7) is 7.01. The predicted octanol–water partition coefficient (Wildman–Crippen LogP) is 4.66. The molecule has 0 radical (unpaired) electrons. The Kier molecular flexibility index (Phi) is 7.57. The van der Waals surface area contributed by atoms with Crippen molar-refractivity contribution < 1.29 is 14.3 Å². The first-order valence-corrected chi connectivity index (χ1v) is 11.0. The molecule has 31 heavy (non-hydrogen) atoms. The first-order chi connectivity index (χ1) is 14.9. The van der Waals surface area contributed by atoms with Gasteiger partial charge in [-0.2, -0.15) is 0 Å². The quantitative estimate of drug-likeness (QED) is 0.488. The number of aryl methyl sites for hydroxylation is 1. The second kappa shape index (κ2) is 10.3. The van der Waals surface area contributed by atoms with E-state index >= 15 is 0 Å². The van der Waals surface area contributed by atoms with Crippen LogP contribution in [-0.4, -0.2) is 40.6 Å². The summed E-state index contributed by atoms with van der Waals surface area (Å²) in [6.07, 6.45) is 0. The van der Waals surface area contributed by atoms with Crippen molar-refractivity contribution in [3.63, 3.8) is 0 Å². The number of thioether (sulfide) groups is 1. The monoisotopic (exact) mass is 440 g/mol. The number of rotatable bonds is 9. The summed E-state index contributed by atoms with van der Waals surface area (Å²) in [5, 5.41) is 12.4. The fraction of sp³-hybridized carbons (Fsp3) is 0.348. The van der Waals surface area contributed by atoms with Gasteiger partial charge in [-0.15, -0.1) is 10.2 Å². The van der Waals surface area contributed by atoms with Gasteiger partial charge >= 0.3 is 0 Å². The zero-order chi connectivity index (χ0) is 22.4. The molecule has 0 aliphatic heterocycles. The smallest absolute Gasteiger partial charge is 0.234 e. The van der Waals surface area contributed by atoms with Crippen molar-refractivity contribution in [2.75, 3.05) is 25.3 Å². The van der Waals surface area contributed by atoms with Gasteiger partial charge in [-0.1, -0.05) is 31.7 Å². The zero-order valence-corrected chi connectivity index (χ0v) is 19.3. The van der Waals surface area contributed by atoms with E-state index in [2.05, 4.69) is 33.9 Å². The molecular formula is C23H28N4O3S. The molecule has 0 saturated carbocycles. The average Bonchev–Trinajstić information content (AvgIpc) is 3.14. The van der Waals surface area contributed by atoms with Crippen molar-refractivity contribution in [3.05, 3.63) is 48.0 Å². The number of nitrogens with zero attached hydrogens (tertiary/aromatic N) is 3. The van der Waals surface area contributed by atoms with E-state index < -0.39 is 0 Å². The molecule has 0 aliphatic carbocycles. The predicted molar refractivity (Wildman–Crippen MR) is 124 cm³/mol. The first-order valence-electron chi connectivity index (χ1n) is 10.1. The van der Waals surface area contributed by atoms with Crippen molar-refractivity contribution in [3.8, 4) is 22.9 Å². The highest BCUT2D eigenvalue weighted by atomic mass is 32.2. The number of nitrogens with one attached hydrogen (secondary N) is 1. The Morgan fingerprint density at radius 2 is 1.84 bits per heavy atom. The molecule has 1 N–H and O–H groups in total. The highest BCUT2D eigenvalue weighted by Gasteiger charge is 2.17. The van der Waals surface area contributed by atoms with E-state index in [0.717, 1.165) is 29.2 Å². The minimum absolute atomic E-state index is 0.126. The van der Waals surface area contributed by atoms with Crippen LogP contribution in [0.15, 0.2) is 47.6 Å². The molecule has 0 unspecified atom stereocenters. The lowest BCUT2D eigenvalue weighted by Gasteiger charge is -2.13. The summed E-state index contributed by atoms with van der Waals surface area (Å²) >= 11 is 1.37. The molecule has 1 heterocycles. The van der Waals surface area contributed by atoms with E-state index in [1.165, 1.54) is 11.8 Å². The lowest BCUT2D eigenvalue weighted by atomic mass is 10.2. The van der Waals surface area contributed by atoms with E-state index in [4.69, 9.17) is 9.47 Å². The molecule has 164 valence electrons. The summed E-state index contributed by atoms with van der Waals surface area (Å²) < 4.78 is 12.6. The van der Waals surface area contributed by atoms with Gasteiger partial charge in [-0.3, -0.25) is 4.79 Å². The van der Waals surface area contributed by atoms with Crippen molar-refractivity contribution in [1.82, 2.24) is 14.8 Å². The van der Waals surface area contributed by atoms with Crippen molar-refractivity contribution in [2.24, 2.45) is 5.92 Å². The van der Waals surface area contributed by atoms with Crippen molar-refractivity contribution >= 4 is 23.4 Å². The second-order valence-corrected chi connectivity index (χ2v) is 8.52. The molecule has 0 fully saturated rings. The molecule has 0 spiro atoms. The third-order valence-electron chi connectivity index (χ3n) is 4.57. The molecule has 0 saturated heterocycles. The van der Waals surface area contributed by atoms with Gasteiger partial charge in [0.1, 0.15) is 11.5 Å². The number of hydrogen-bond donors (Lipinski definition) is 1. The maximum absolute atomic E-state index is 12.6. The van der Waals surface area contributed by atoms with Crippen molar-refractivity contribution in [1.29, 1.82) is 0 Å². The maximum Gasteiger partial charge on any atom is 0.234 e. The SMILES string of the molecule is COc1ccc(-c2nnc(SCC(=O)Nc3cc(C)ccc3OC)n2CC(C)C)cc1. The number of carbonyl (C=O) groups is 1. The molecular weight excluding hydrogens is 412 g/mol. The summed E-state index contributed by atoms with van der Waals surface area (Å²) in [4.78, 5) is 12.6. The van der Waals surface area contributed by atoms with Crippen molar-refractivity contribution in [2.45, 2.75) is 32.5 Å². The van der Waals surface area contributed by atoms with Gasteiger partial charge in [0, 0.05) is 12.1 Å². The molecule has 3 rings (SSSR count). The normalized spacial score (nSPS) is 10.9. The molecule has 7 nitrogen and oxygen atoms in total. The Bertz CT molecular complexity index is 1030. The summed E-state index contributed by atoms with van der Waals surface area (Å²) in [7, 11) is 3.23. The van der Waals surface area contributed by atoms with E-state index in [1.54, 1.807) is 14.2 Å². The molecule has 0 atom stereocenters. The van der Waals surface area contributed by atoms with Gasteiger partial charge in [0.05, 0.1) is 25.7 Å². The van der Waals surface area contributed by atoms with Crippen LogP contribution in [0.1, 0.15) is 19.4 Å². The lowest BCUT2D eigenvalue weighted by Crippen LogP contribution is -2.16. The molecule has 2 aromatic carbocycles. The van der Waals surface area contributed by atoms with Crippen LogP contribution >= 0.6 is 11.8 Å². The van der Waals surface area contributed by atoms with Gasteiger partial charge < -0.3 is 19.4 Å². The molecule has 1 aromatic heterocycles. The highest BCUT2D eigenvalue weighted by molar-refractivity contribution is 7.99. The molecule has 3 aromatic rings. The average molecular weight is 441 g/mol. The third kappa shape index (κ3) is 5.79. The minimum atomic E-state index is -0.126. The van der Waals surface area contributed by atoms with Crippen LogP contribution in [0.2, 0.25) is 0 Å². The number of amides is 1. The number of carbonyl (C=O) groups excluding carboxylic acids is 1. The van der Waals surface area contributed by atoms with Gasteiger partial charge in [-0.25, -0.2) is 0 Å². The number of anilines is 1. The number of benzene rings is 2. The van der Waals surface area contributed by atoms with E-state index in [9.17, 15) is 4.79 Å². The summed E-state index contributed by atoms with van der Waals surface area (Å²) in [6, 6.07) is 13.4. The van der Waals surface area contributed by atoms with Gasteiger partial charge in [-0.05, 0) is 54.8 Å². The molecule has 8 heteroatoms. The van der Waals surface area contributed by atoms with Crippen LogP contribution in [0.5, 0.6) is 11.5 Å². The van der Waals surface area contributed by atoms with Crippen LogP contribution in [0.25, 0.3) is 11.4 Å². The molecule has 0 aliphatic rings. The van der Waals surface area contributed by atoms with Crippen LogP contribution in [0.3, 0.4) is 0 Å². The third-order valence-corrected chi connectivity index (χ3v) is 5.54. The van der Waals surface area contributed by atoms with E-state index in [0.29, 0.717) is 22.5 Å². The van der Waals surface area contributed by atoms with E-state index in [-0.39, 0.29) is 11.7 Å². The molecule has 0 bridgehead atoms.